The Morgan fingerprint density at radius 3 is 3.10 bits per heavy atom. The molecule has 0 amide bonds. The number of hydrogen-bond donors (Lipinski definition) is 1. The van der Waals surface area contributed by atoms with Crippen LogP contribution in [0.15, 0.2) is 22.8 Å². The van der Waals surface area contributed by atoms with E-state index in [9.17, 15) is 0 Å². The third kappa shape index (κ3) is 2.12. The first-order valence-corrected chi connectivity index (χ1v) is 7.79. The van der Waals surface area contributed by atoms with Gasteiger partial charge in [0.1, 0.15) is 0 Å². The number of fused-ring (bicyclic) bond motifs is 2. The van der Waals surface area contributed by atoms with Crippen LogP contribution in [0, 0.1) is 0 Å². The first-order chi connectivity index (χ1) is 10.2. The van der Waals surface area contributed by atoms with Crippen LogP contribution in [0.25, 0.3) is 5.65 Å². The Morgan fingerprint density at radius 2 is 2.19 bits per heavy atom. The molecule has 0 saturated carbocycles. The molecule has 1 N–H and O–H groups in total. The number of aromatic nitrogens is 5. The number of pyridine rings is 1. The fourth-order valence-corrected chi connectivity index (χ4v) is 3.29. The van der Waals surface area contributed by atoms with Crippen LogP contribution in [0.1, 0.15) is 23.4 Å². The lowest BCUT2D eigenvalue weighted by molar-refractivity contribution is 0.687. The third-order valence-electron chi connectivity index (χ3n) is 3.98. The molecule has 1 aliphatic carbocycles. The van der Waals surface area contributed by atoms with Gasteiger partial charge in [-0.15, -0.1) is 10.2 Å². The Hall–Kier alpha value is -1.89. The third-order valence-corrected chi connectivity index (χ3v) is 4.45. The summed E-state index contributed by atoms with van der Waals surface area (Å²) in [5, 5.41) is 16.3. The smallest absolute Gasteiger partial charge is 0.229 e. The van der Waals surface area contributed by atoms with Crippen LogP contribution in [0.3, 0.4) is 0 Å². The zero-order chi connectivity index (χ0) is 14.4. The summed E-state index contributed by atoms with van der Waals surface area (Å²) in [7, 11) is 2.01. The van der Waals surface area contributed by atoms with Gasteiger partial charge in [0.2, 0.25) is 5.95 Å². The van der Waals surface area contributed by atoms with Crippen molar-refractivity contribution < 1.29 is 0 Å². The molecule has 7 heteroatoms. The van der Waals surface area contributed by atoms with Crippen LogP contribution >= 0.6 is 15.9 Å². The maximum absolute atomic E-state index is 4.59. The number of anilines is 1. The molecule has 1 aliphatic rings. The van der Waals surface area contributed by atoms with E-state index in [-0.39, 0.29) is 0 Å². The standard InChI is InChI=1S/C14H15BrN6/c1-20-12(10-3-2-4-11(10)19-20)7-16-14-18-17-13-6-5-9(15)8-21(13)14/h5-6,8H,2-4,7H2,1H3,(H,16,18). The van der Waals surface area contributed by atoms with E-state index in [0.29, 0.717) is 6.54 Å². The fourth-order valence-electron chi connectivity index (χ4n) is 2.96. The van der Waals surface area contributed by atoms with Gasteiger partial charge in [0, 0.05) is 17.7 Å². The van der Waals surface area contributed by atoms with Crippen molar-refractivity contribution in [3.05, 3.63) is 39.8 Å². The van der Waals surface area contributed by atoms with Crippen LogP contribution in [0.4, 0.5) is 5.95 Å². The lowest BCUT2D eigenvalue weighted by atomic mass is 10.2. The quantitative estimate of drug-likeness (QED) is 0.790. The summed E-state index contributed by atoms with van der Waals surface area (Å²) >= 11 is 3.48. The minimum Gasteiger partial charge on any atom is -0.348 e. The summed E-state index contributed by atoms with van der Waals surface area (Å²) < 4.78 is 4.93. The average molecular weight is 347 g/mol. The van der Waals surface area contributed by atoms with Crippen LogP contribution in [-0.4, -0.2) is 24.4 Å². The monoisotopic (exact) mass is 346 g/mol. The van der Waals surface area contributed by atoms with Crippen LogP contribution in [0.2, 0.25) is 0 Å². The van der Waals surface area contributed by atoms with Crippen molar-refractivity contribution in [3.8, 4) is 0 Å². The van der Waals surface area contributed by atoms with Gasteiger partial charge in [-0.25, -0.2) is 0 Å². The zero-order valence-corrected chi connectivity index (χ0v) is 13.3. The molecule has 0 radical (unpaired) electrons. The van der Waals surface area contributed by atoms with Gasteiger partial charge in [-0.1, -0.05) is 0 Å². The highest BCUT2D eigenvalue weighted by Gasteiger charge is 2.20. The summed E-state index contributed by atoms with van der Waals surface area (Å²) in [6, 6.07) is 3.89. The number of halogens is 1. The molecule has 21 heavy (non-hydrogen) atoms. The molecule has 3 aromatic rings. The van der Waals surface area contributed by atoms with Gasteiger partial charge >= 0.3 is 0 Å². The maximum Gasteiger partial charge on any atom is 0.229 e. The normalized spacial score (nSPS) is 13.8. The largest absolute Gasteiger partial charge is 0.348 e. The Kier molecular flexibility index (Phi) is 2.95. The Labute approximate surface area is 130 Å². The van der Waals surface area contributed by atoms with Crippen molar-refractivity contribution in [3.63, 3.8) is 0 Å². The molecular weight excluding hydrogens is 332 g/mol. The topological polar surface area (TPSA) is 60.0 Å². The van der Waals surface area contributed by atoms with E-state index in [1.807, 2.05) is 34.5 Å². The predicted molar refractivity (Wildman–Crippen MR) is 83.2 cm³/mol. The summed E-state index contributed by atoms with van der Waals surface area (Å²) in [4.78, 5) is 0. The van der Waals surface area contributed by atoms with Crippen molar-refractivity contribution in [1.29, 1.82) is 0 Å². The number of nitrogens with one attached hydrogen (secondary N) is 1. The van der Waals surface area contributed by atoms with Gasteiger partial charge in [0.05, 0.1) is 17.9 Å². The van der Waals surface area contributed by atoms with E-state index in [1.165, 1.54) is 23.4 Å². The summed E-state index contributed by atoms with van der Waals surface area (Å²) in [5.74, 6) is 0.749. The molecule has 0 atom stereocenters. The van der Waals surface area contributed by atoms with Gasteiger partial charge in [-0.05, 0) is 52.9 Å². The summed E-state index contributed by atoms with van der Waals surface area (Å²) in [6.45, 7) is 0.714. The first-order valence-electron chi connectivity index (χ1n) is 7.00. The average Bonchev–Trinajstić information content (AvgIpc) is 3.12. The van der Waals surface area contributed by atoms with Gasteiger partial charge in [0.25, 0.3) is 0 Å². The Bertz CT molecular complexity index is 818. The van der Waals surface area contributed by atoms with Crippen molar-refractivity contribution in [2.75, 3.05) is 5.32 Å². The minimum absolute atomic E-state index is 0.714. The van der Waals surface area contributed by atoms with Gasteiger partial charge in [0.15, 0.2) is 5.65 Å². The molecule has 6 nitrogen and oxygen atoms in total. The molecule has 0 spiro atoms. The molecule has 0 bridgehead atoms. The highest BCUT2D eigenvalue weighted by atomic mass is 79.9. The Morgan fingerprint density at radius 1 is 1.29 bits per heavy atom. The molecule has 4 rings (SSSR count). The van der Waals surface area contributed by atoms with Crippen LogP contribution in [-0.2, 0) is 26.4 Å². The number of hydrogen-bond acceptors (Lipinski definition) is 4. The SMILES string of the molecule is Cn1nc2c(c1CNc1nnc3ccc(Br)cn13)CCC2. The van der Waals surface area contributed by atoms with Crippen LogP contribution in [0.5, 0.6) is 0 Å². The highest BCUT2D eigenvalue weighted by Crippen LogP contribution is 2.25. The zero-order valence-electron chi connectivity index (χ0n) is 11.7. The van der Waals surface area contributed by atoms with Gasteiger partial charge in [-0.2, -0.15) is 5.10 Å². The predicted octanol–water partition coefficient (Wildman–Crippen LogP) is 2.33. The maximum atomic E-state index is 4.59. The van der Waals surface area contributed by atoms with E-state index in [0.717, 1.165) is 28.9 Å². The van der Waals surface area contributed by atoms with Gasteiger partial charge < -0.3 is 5.32 Å². The fraction of sp³-hybridized carbons (Fsp3) is 0.357. The molecule has 0 unspecified atom stereocenters. The molecule has 3 aromatic heterocycles. The first kappa shape index (κ1) is 12.8. The van der Waals surface area contributed by atoms with Crippen molar-refractivity contribution >= 4 is 27.5 Å². The second-order valence-electron chi connectivity index (χ2n) is 5.30. The lowest BCUT2D eigenvalue weighted by Crippen LogP contribution is -2.09. The molecule has 0 aliphatic heterocycles. The Balaban J connectivity index is 1.63. The van der Waals surface area contributed by atoms with Crippen molar-refractivity contribution in [1.82, 2.24) is 24.4 Å². The molecule has 108 valence electrons. The molecular formula is C14H15BrN6. The van der Waals surface area contributed by atoms with Crippen LogP contribution < -0.4 is 5.32 Å². The number of rotatable bonds is 3. The van der Waals surface area contributed by atoms with Gasteiger partial charge in [-0.3, -0.25) is 9.08 Å². The highest BCUT2D eigenvalue weighted by molar-refractivity contribution is 9.10. The second-order valence-corrected chi connectivity index (χ2v) is 6.22. The number of aryl methyl sites for hydroxylation is 2. The van der Waals surface area contributed by atoms with Crippen molar-refractivity contribution in [2.45, 2.75) is 25.8 Å². The molecule has 0 aromatic carbocycles. The van der Waals surface area contributed by atoms with E-state index < -0.39 is 0 Å². The summed E-state index contributed by atoms with van der Waals surface area (Å²) in [6.07, 6.45) is 5.41. The molecule has 0 saturated heterocycles. The van der Waals surface area contributed by atoms with Crippen molar-refractivity contribution in [2.24, 2.45) is 7.05 Å². The van der Waals surface area contributed by atoms with E-state index >= 15 is 0 Å². The number of nitrogens with zero attached hydrogens (tertiary/aromatic N) is 5. The second kappa shape index (κ2) is 4.84. The summed E-state index contributed by atoms with van der Waals surface area (Å²) in [5.41, 5.74) is 4.73. The van der Waals surface area contributed by atoms with E-state index in [2.05, 4.69) is 36.5 Å². The van der Waals surface area contributed by atoms with E-state index in [1.54, 1.807) is 0 Å². The molecule has 0 fully saturated rings. The minimum atomic E-state index is 0.714. The lowest BCUT2D eigenvalue weighted by Gasteiger charge is -2.07. The van der Waals surface area contributed by atoms with E-state index in [4.69, 9.17) is 0 Å². The molecule has 3 heterocycles.